The zero-order valence-electron chi connectivity index (χ0n) is 10.8. The van der Waals surface area contributed by atoms with Crippen molar-refractivity contribution in [3.05, 3.63) is 36.0 Å². The first-order chi connectivity index (χ1) is 9.34. The number of fused-ring (bicyclic) bond motifs is 1. The number of hydrogen-bond acceptors (Lipinski definition) is 2. The quantitative estimate of drug-likeness (QED) is 0.888. The predicted octanol–water partition coefficient (Wildman–Crippen LogP) is 2.47. The first kappa shape index (κ1) is 12.2. The van der Waals surface area contributed by atoms with Crippen LogP contribution in [0.3, 0.4) is 0 Å². The average Bonchev–Trinajstić information content (AvgIpc) is 2.90. The van der Waals surface area contributed by atoms with Crippen molar-refractivity contribution >= 4 is 16.8 Å². The van der Waals surface area contributed by atoms with Gasteiger partial charge in [0.25, 0.3) is 5.91 Å². The maximum atomic E-state index is 12.2. The van der Waals surface area contributed by atoms with Gasteiger partial charge in [-0.1, -0.05) is 18.2 Å². The van der Waals surface area contributed by atoms with E-state index in [9.17, 15) is 4.79 Å². The van der Waals surface area contributed by atoms with E-state index in [4.69, 9.17) is 4.74 Å². The van der Waals surface area contributed by atoms with E-state index in [0.717, 1.165) is 30.4 Å². The Balaban J connectivity index is 1.66. The van der Waals surface area contributed by atoms with Crippen LogP contribution in [0.4, 0.5) is 0 Å². The topological polar surface area (TPSA) is 54.1 Å². The van der Waals surface area contributed by atoms with Crippen molar-refractivity contribution in [2.24, 2.45) is 0 Å². The van der Waals surface area contributed by atoms with Crippen LogP contribution in [0.25, 0.3) is 10.9 Å². The summed E-state index contributed by atoms with van der Waals surface area (Å²) in [4.78, 5) is 15.3. The zero-order chi connectivity index (χ0) is 13.1. The second-order valence-corrected chi connectivity index (χ2v) is 4.95. The lowest BCUT2D eigenvalue weighted by Crippen LogP contribution is -2.35. The van der Waals surface area contributed by atoms with Crippen LogP contribution in [0.2, 0.25) is 0 Å². The number of carbonyl (C=O) groups excluding carboxylic acids is 1. The van der Waals surface area contributed by atoms with E-state index in [0.29, 0.717) is 12.1 Å². The molecule has 3 rings (SSSR count). The van der Waals surface area contributed by atoms with Crippen LogP contribution in [0.15, 0.2) is 30.5 Å². The number of rotatable bonds is 3. The van der Waals surface area contributed by atoms with Gasteiger partial charge in [-0.3, -0.25) is 4.79 Å². The van der Waals surface area contributed by atoms with Crippen LogP contribution in [-0.4, -0.2) is 30.1 Å². The largest absolute Gasteiger partial charge is 0.376 e. The minimum atomic E-state index is -0.0355. The van der Waals surface area contributed by atoms with E-state index >= 15 is 0 Å². The van der Waals surface area contributed by atoms with Gasteiger partial charge in [-0.25, -0.2) is 0 Å². The van der Waals surface area contributed by atoms with E-state index in [-0.39, 0.29) is 12.0 Å². The molecule has 1 unspecified atom stereocenters. The van der Waals surface area contributed by atoms with Crippen LogP contribution in [0.1, 0.15) is 29.6 Å². The second kappa shape index (κ2) is 5.45. The molecule has 0 saturated carbocycles. The first-order valence-corrected chi connectivity index (χ1v) is 6.80. The SMILES string of the molecule is O=C(NCC1CCCCO1)c1c[nH]c2ccccc12. The van der Waals surface area contributed by atoms with Crippen molar-refractivity contribution < 1.29 is 9.53 Å². The van der Waals surface area contributed by atoms with Crippen molar-refractivity contribution in [3.8, 4) is 0 Å². The van der Waals surface area contributed by atoms with Crippen LogP contribution in [-0.2, 0) is 4.74 Å². The summed E-state index contributed by atoms with van der Waals surface area (Å²) < 4.78 is 5.61. The van der Waals surface area contributed by atoms with E-state index in [1.54, 1.807) is 6.20 Å². The molecule has 4 heteroatoms. The highest BCUT2D eigenvalue weighted by Gasteiger charge is 2.16. The Hall–Kier alpha value is -1.81. The Bertz CT molecular complexity index is 570. The van der Waals surface area contributed by atoms with Crippen molar-refractivity contribution in [1.29, 1.82) is 0 Å². The molecule has 1 aromatic heterocycles. The molecule has 1 saturated heterocycles. The molecular formula is C15H18N2O2. The molecule has 0 spiro atoms. The molecule has 0 radical (unpaired) electrons. The van der Waals surface area contributed by atoms with Gasteiger partial charge in [0.05, 0.1) is 11.7 Å². The van der Waals surface area contributed by atoms with E-state index < -0.39 is 0 Å². The lowest BCUT2D eigenvalue weighted by atomic mass is 10.1. The summed E-state index contributed by atoms with van der Waals surface area (Å²) in [6.45, 7) is 1.41. The van der Waals surface area contributed by atoms with Gasteiger partial charge < -0.3 is 15.0 Å². The van der Waals surface area contributed by atoms with Crippen molar-refractivity contribution in [2.45, 2.75) is 25.4 Å². The van der Waals surface area contributed by atoms with Gasteiger partial charge in [-0.2, -0.15) is 0 Å². The number of benzene rings is 1. The van der Waals surface area contributed by atoms with Gasteiger partial charge in [0, 0.05) is 30.3 Å². The maximum Gasteiger partial charge on any atom is 0.253 e. The normalized spacial score (nSPS) is 19.5. The van der Waals surface area contributed by atoms with Gasteiger partial charge >= 0.3 is 0 Å². The fourth-order valence-corrected chi connectivity index (χ4v) is 2.53. The Labute approximate surface area is 112 Å². The molecule has 1 fully saturated rings. The standard InChI is InChI=1S/C15H18N2O2/c18-15(17-9-11-5-3-4-8-19-11)13-10-16-14-7-2-1-6-12(13)14/h1-2,6-7,10-11,16H,3-5,8-9H2,(H,17,18). The van der Waals surface area contributed by atoms with Crippen molar-refractivity contribution in [3.63, 3.8) is 0 Å². The lowest BCUT2D eigenvalue weighted by molar-refractivity contribution is 0.0169. The van der Waals surface area contributed by atoms with Gasteiger partial charge in [0.2, 0.25) is 0 Å². The third kappa shape index (κ3) is 2.63. The third-order valence-corrected chi connectivity index (χ3v) is 3.60. The molecule has 1 amide bonds. The number of para-hydroxylation sites is 1. The number of aromatic amines is 1. The number of hydrogen-bond donors (Lipinski definition) is 2. The van der Waals surface area contributed by atoms with E-state index in [1.165, 1.54) is 6.42 Å². The molecule has 2 N–H and O–H groups in total. The molecule has 0 bridgehead atoms. The van der Waals surface area contributed by atoms with Crippen LogP contribution in [0.5, 0.6) is 0 Å². The van der Waals surface area contributed by atoms with E-state index in [2.05, 4.69) is 10.3 Å². The summed E-state index contributed by atoms with van der Waals surface area (Å²) in [6, 6.07) is 7.82. The van der Waals surface area contributed by atoms with Gasteiger partial charge in [-0.15, -0.1) is 0 Å². The minimum Gasteiger partial charge on any atom is -0.376 e. The third-order valence-electron chi connectivity index (χ3n) is 3.60. The Morgan fingerprint density at radius 2 is 2.26 bits per heavy atom. The van der Waals surface area contributed by atoms with E-state index in [1.807, 2.05) is 24.3 Å². The molecule has 1 aliphatic heterocycles. The highest BCUT2D eigenvalue weighted by molar-refractivity contribution is 6.06. The number of carbonyl (C=O) groups is 1. The summed E-state index contributed by atoms with van der Waals surface area (Å²) >= 11 is 0. The summed E-state index contributed by atoms with van der Waals surface area (Å²) in [5.74, 6) is -0.0355. The molecule has 2 aromatic rings. The molecule has 4 nitrogen and oxygen atoms in total. The van der Waals surface area contributed by atoms with Gasteiger partial charge in [0.15, 0.2) is 0 Å². The lowest BCUT2D eigenvalue weighted by Gasteiger charge is -2.22. The zero-order valence-corrected chi connectivity index (χ0v) is 10.8. The fourth-order valence-electron chi connectivity index (χ4n) is 2.53. The first-order valence-electron chi connectivity index (χ1n) is 6.80. The maximum absolute atomic E-state index is 12.2. The molecular weight excluding hydrogens is 240 g/mol. The molecule has 1 aromatic carbocycles. The van der Waals surface area contributed by atoms with Gasteiger partial charge in [0.1, 0.15) is 0 Å². The number of amides is 1. The summed E-state index contributed by atoms with van der Waals surface area (Å²) in [5, 5.41) is 3.93. The smallest absolute Gasteiger partial charge is 0.253 e. The Morgan fingerprint density at radius 3 is 3.11 bits per heavy atom. The minimum absolute atomic E-state index is 0.0355. The molecule has 1 atom stereocenters. The summed E-state index contributed by atoms with van der Waals surface area (Å²) in [6.07, 6.45) is 5.29. The summed E-state index contributed by atoms with van der Waals surface area (Å²) in [7, 11) is 0. The predicted molar refractivity (Wildman–Crippen MR) is 74.2 cm³/mol. The molecule has 2 heterocycles. The highest BCUT2D eigenvalue weighted by atomic mass is 16.5. The van der Waals surface area contributed by atoms with Crippen LogP contribution >= 0.6 is 0 Å². The number of ether oxygens (including phenoxy) is 1. The molecule has 19 heavy (non-hydrogen) atoms. The van der Waals surface area contributed by atoms with Crippen molar-refractivity contribution in [1.82, 2.24) is 10.3 Å². The number of H-pyrrole nitrogens is 1. The molecule has 100 valence electrons. The van der Waals surface area contributed by atoms with Crippen LogP contribution < -0.4 is 5.32 Å². The van der Waals surface area contributed by atoms with Gasteiger partial charge in [-0.05, 0) is 25.3 Å². The second-order valence-electron chi connectivity index (χ2n) is 4.95. The molecule has 1 aliphatic rings. The highest BCUT2D eigenvalue weighted by Crippen LogP contribution is 2.17. The van der Waals surface area contributed by atoms with Crippen LogP contribution in [0, 0.1) is 0 Å². The average molecular weight is 258 g/mol. The number of nitrogens with one attached hydrogen (secondary N) is 2. The summed E-state index contributed by atoms with van der Waals surface area (Å²) in [5.41, 5.74) is 1.69. The Morgan fingerprint density at radius 1 is 1.37 bits per heavy atom. The molecule has 0 aliphatic carbocycles. The van der Waals surface area contributed by atoms with Crippen molar-refractivity contribution in [2.75, 3.05) is 13.2 Å². The number of aromatic nitrogens is 1. The monoisotopic (exact) mass is 258 g/mol. The fraction of sp³-hybridized carbons (Fsp3) is 0.400. The Kier molecular flexibility index (Phi) is 3.51.